The van der Waals surface area contributed by atoms with Crippen molar-refractivity contribution in [2.45, 2.75) is 38.6 Å². The van der Waals surface area contributed by atoms with Crippen LogP contribution in [0.15, 0.2) is 57.7 Å². The molecule has 29 heavy (non-hydrogen) atoms. The number of hydrogen-bond donors (Lipinski definition) is 0. The van der Waals surface area contributed by atoms with E-state index in [1.165, 1.54) is 5.56 Å². The molecular weight excluding hydrogens is 362 g/mol. The average molecular weight is 387 g/mol. The maximum atomic E-state index is 12.5. The van der Waals surface area contributed by atoms with Crippen LogP contribution in [0.2, 0.25) is 0 Å². The molecule has 1 aliphatic rings. The molecule has 2 aromatic heterocycles. The van der Waals surface area contributed by atoms with Crippen LogP contribution >= 0.6 is 0 Å². The van der Waals surface area contributed by atoms with Crippen LogP contribution in [0.3, 0.4) is 0 Å². The van der Waals surface area contributed by atoms with Crippen LogP contribution in [0.5, 0.6) is 0 Å². The summed E-state index contributed by atoms with van der Waals surface area (Å²) < 4.78 is 7.79. The van der Waals surface area contributed by atoms with E-state index in [9.17, 15) is 4.79 Å². The van der Waals surface area contributed by atoms with Gasteiger partial charge in [0.15, 0.2) is 11.5 Å². The summed E-state index contributed by atoms with van der Waals surface area (Å²) in [6.45, 7) is 5.18. The first-order chi connectivity index (χ1) is 14.0. The van der Waals surface area contributed by atoms with Crippen LogP contribution in [-0.4, -0.2) is 22.1 Å². The van der Waals surface area contributed by atoms with Crippen molar-refractivity contribution in [2.24, 2.45) is 7.05 Å². The van der Waals surface area contributed by atoms with E-state index in [-0.39, 0.29) is 5.56 Å². The SMILES string of the molecule is Cc1ccc2oc([C@H]3CCN(c4cc(=O)n(C)c5ccccc45)[C@@H](C)C3)nc2c1. The minimum Gasteiger partial charge on any atom is -0.440 e. The van der Waals surface area contributed by atoms with Gasteiger partial charge in [-0.05, 0) is 50.5 Å². The highest BCUT2D eigenvalue weighted by Gasteiger charge is 2.30. The first-order valence-corrected chi connectivity index (χ1v) is 10.2. The lowest BCUT2D eigenvalue weighted by atomic mass is 9.90. The predicted octanol–water partition coefficient (Wildman–Crippen LogP) is 4.76. The number of oxazole rings is 1. The molecular formula is C24H25N3O2. The van der Waals surface area contributed by atoms with E-state index in [4.69, 9.17) is 9.40 Å². The summed E-state index contributed by atoms with van der Waals surface area (Å²) in [5, 5.41) is 1.12. The molecule has 0 amide bonds. The maximum absolute atomic E-state index is 12.5. The fourth-order valence-electron chi connectivity index (χ4n) is 4.61. The van der Waals surface area contributed by atoms with Crippen molar-refractivity contribution in [3.8, 4) is 0 Å². The molecule has 5 nitrogen and oxygen atoms in total. The third-order valence-corrected chi connectivity index (χ3v) is 6.23. The third-order valence-electron chi connectivity index (χ3n) is 6.23. The van der Waals surface area contributed by atoms with Gasteiger partial charge in [0.05, 0.1) is 11.2 Å². The van der Waals surface area contributed by atoms with Crippen molar-refractivity contribution in [1.29, 1.82) is 0 Å². The lowest BCUT2D eigenvalue weighted by Gasteiger charge is -2.39. The molecule has 2 aromatic carbocycles. The second-order valence-corrected chi connectivity index (χ2v) is 8.23. The molecule has 0 N–H and O–H groups in total. The van der Waals surface area contributed by atoms with Gasteiger partial charge in [-0.2, -0.15) is 0 Å². The van der Waals surface area contributed by atoms with Gasteiger partial charge in [0.2, 0.25) is 0 Å². The number of aromatic nitrogens is 2. The van der Waals surface area contributed by atoms with Gasteiger partial charge in [0.25, 0.3) is 5.56 Å². The normalized spacial score (nSPS) is 19.9. The van der Waals surface area contributed by atoms with Crippen LogP contribution in [0, 0.1) is 6.92 Å². The van der Waals surface area contributed by atoms with E-state index in [0.29, 0.717) is 12.0 Å². The standard InChI is InChI=1S/C24H25N3O2/c1-15-8-9-22-19(12-15)25-24(29-22)17-10-11-27(16(2)13-17)21-14-23(28)26(3)20-7-5-4-6-18(20)21/h4-9,12,14,16-17H,10-11,13H2,1-3H3/t16-,17-/m0/s1. The average Bonchev–Trinajstić information content (AvgIpc) is 3.14. The van der Waals surface area contributed by atoms with Crippen molar-refractivity contribution < 1.29 is 4.42 Å². The zero-order chi connectivity index (χ0) is 20.1. The second-order valence-electron chi connectivity index (χ2n) is 8.23. The minimum absolute atomic E-state index is 0.0299. The number of rotatable bonds is 2. The molecule has 3 heterocycles. The predicted molar refractivity (Wildman–Crippen MR) is 117 cm³/mol. The lowest BCUT2D eigenvalue weighted by molar-refractivity contribution is 0.369. The van der Waals surface area contributed by atoms with Gasteiger partial charge in [0, 0.05) is 37.0 Å². The van der Waals surface area contributed by atoms with Crippen LogP contribution in [0.25, 0.3) is 22.0 Å². The Hall–Kier alpha value is -3.08. The fraction of sp³-hybridized carbons (Fsp3) is 0.333. The zero-order valence-corrected chi connectivity index (χ0v) is 17.1. The van der Waals surface area contributed by atoms with Crippen LogP contribution in [0.1, 0.15) is 37.1 Å². The van der Waals surface area contributed by atoms with E-state index in [2.05, 4.69) is 36.9 Å². The Bertz CT molecular complexity index is 1270. The van der Waals surface area contributed by atoms with Gasteiger partial charge in [-0.15, -0.1) is 0 Å². The molecule has 2 atom stereocenters. The monoisotopic (exact) mass is 387 g/mol. The smallest absolute Gasteiger partial charge is 0.252 e. The molecule has 5 rings (SSSR count). The van der Waals surface area contributed by atoms with Gasteiger partial charge in [0.1, 0.15) is 5.52 Å². The summed E-state index contributed by atoms with van der Waals surface area (Å²) in [7, 11) is 1.83. The summed E-state index contributed by atoms with van der Waals surface area (Å²) in [6.07, 6.45) is 1.91. The molecule has 148 valence electrons. The highest BCUT2D eigenvalue weighted by atomic mass is 16.3. The molecule has 0 unspecified atom stereocenters. The Kier molecular flexibility index (Phi) is 4.19. The van der Waals surface area contributed by atoms with E-state index in [1.54, 1.807) is 10.6 Å². The number of anilines is 1. The van der Waals surface area contributed by atoms with Crippen molar-refractivity contribution in [3.05, 3.63) is 70.3 Å². The topological polar surface area (TPSA) is 51.3 Å². The van der Waals surface area contributed by atoms with Crippen molar-refractivity contribution >= 4 is 27.7 Å². The van der Waals surface area contributed by atoms with Crippen LogP contribution in [0.4, 0.5) is 5.69 Å². The molecule has 5 heteroatoms. The molecule has 0 saturated carbocycles. The lowest BCUT2D eigenvalue weighted by Crippen LogP contribution is -2.41. The van der Waals surface area contributed by atoms with Crippen molar-refractivity contribution in [1.82, 2.24) is 9.55 Å². The Morgan fingerprint density at radius 3 is 2.79 bits per heavy atom. The molecule has 0 bridgehead atoms. The summed E-state index contributed by atoms with van der Waals surface area (Å²) in [5.41, 5.74) is 5.02. The molecule has 1 fully saturated rings. The van der Waals surface area contributed by atoms with Crippen LogP contribution < -0.4 is 10.5 Å². The van der Waals surface area contributed by atoms with Crippen LogP contribution in [-0.2, 0) is 7.05 Å². The van der Waals surface area contributed by atoms with Gasteiger partial charge in [-0.3, -0.25) is 4.79 Å². The zero-order valence-electron chi connectivity index (χ0n) is 17.1. The molecule has 0 radical (unpaired) electrons. The number of hydrogen-bond acceptors (Lipinski definition) is 4. The Balaban J connectivity index is 1.47. The summed E-state index contributed by atoms with van der Waals surface area (Å²) in [4.78, 5) is 19.7. The summed E-state index contributed by atoms with van der Waals surface area (Å²) in [5.74, 6) is 1.14. The number of piperidine rings is 1. The number of fused-ring (bicyclic) bond motifs is 2. The Labute approximate surface area is 169 Å². The summed E-state index contributed by atoms with van der Waals surface area (Å²) >= 11 is 0. The van der Waals surface area contributed by atoms with Gasteiger partial charge < -0.3 is 13.9 Å². The number of para-hydroxylation sites is 1. The van der Waals surface area contributed by atoms with Crippen molar-refractivity contribution in [2.75, 3.05) is 11.4 Å². The first kappa shape index (κ1) is 18.0. The number of pyridine rings is 1. The molecule has 4 aromatic rings. The quantitative estimate of drug-likeness (QED) is 0.498. The van der Waals surface area contributed by atoms with E-state index in [1.807, 2.05) is 31.3 Å². The van der Waals surface area contributed by atoms with Crippen molar-refractivity contribution in [3.63, 3.8) is 0 Å². The Morgan fingerprint density at radius 2 is 1.97 bits per heavy atom. The van der Waals surface area contributed by atoms with Gasteiger partial charge >= 0.3 is 0 Å². The molecule has 0 spiro atoms. The fourth-order valence-corrected chi connectivity index (χ4v) is 4.61. The Morgan fingerprint density at radius 1 is 1.14 bits per heavy atom. The summed E-state index contributed by atoms with van der Waals surface area (Å²) in [6, 6.07) is 16.3. The maximum Gasteiger partial charge on any atom is 0.252 e. The van der Waals surface area contributed by atoms with E-state index in [0.717, 1.165) is 53.0 Å². The minimum atomic E-state index is 0.0299. The number of aryl methyl sites for hydroxylation is 2. The number of benzene rings is 2. The highest BCUT2D eigenvalue weighted by molar-refractivity contribution is 5.92. The van der Waals surface area contributed by atoms with E-state index >= 15 is 0 Å². The van der Waals surface area contributed by atoms with Gasteiger partial charge in [-0.1, -0.05) is 24.3 Å². The molecule has 1 saturated heterocycles. The van der Waals surface area contributed by atoms with Gasteiger partial charge in [-0.25, -0.2) is 4.98 Å². The second kappa shape index (κ2) is 6.76. The first-order valence-electron chi connectivity index (χ1n) is 10.2. The highest BCUT2D eigenvalue weighted by Crippen LogP contribution is 2.37. The third kappa shape index (κ3) is 3.01. The molecule has 1 aliphatic heterocycles. The number of nitrogens with zero attached hydrogens (tertiary/aromatic N) is 3. The van der Waals surface area contributed by atoms with E-state index < -0.39 is 0 Å². The molecule has 0 aliphatic carbocycles. The largest absolute Gasteiger partial charge is 0.440 e.